The fraction of sp³-hybridized carbons (Fsp3) is 0.938. The van der Waals surface area contributed by atoms with Gasteiger partial charge in [-0.05, 0) is 51.6 Å². The topological polar surface area (TPSA) is 41.6 Å². The number of hydrogen-bond acceptors (Lipinski definition) is 4. The largest absolute Gasteiger partial charge is 0.468 e. The molecule has 0 aliphatic heterocycles. The van der Waals surface area contributed by atoms with Gasteiger partial charge in [-0.15, -0.1) is 0 Å². The SMILES string of the molecule is CCNC(C)(CCCN(CC(C)C)C1CC1)C(=O)OC. The molecule has 20 heavy (non-hydrogen) atoms. The summed E-state index contributed by atoms with van der Waals surface area (Å²) in [6.45, 7) is 11.5. The molecule has 0 spiro atoms. The molecule has 0 aromatic carbocycles. The standard InChI is InChI=1S/C16H32N2O2/c1-6-17-16(4,15(19)20-5)10-7-11-18(12-13(2)3)14-8-9-14/h13-14,17H,6-12H2,1-5H3. The number of carbonyl (C=O) groups is 1. The second kappa shape index (κ2) is 7.99. The monoisotopic (exact) mass is 284 g/mol. The second-order valence-electron chi connectivity index (χ2n) is 6.58. The lowest BCUT2D eigenvalue weighted by Crippen LogP contribution is -2.50. The molecule has 0 bridgehead atoms. The Kier molecular flexibility index (Phi) is 6.96. The quantitative estimate of drug-likeness (QED) is 0.626. The van der Waals surface area contributed by atoms with E-state index < -0.39 is 5.54 Å². The summed E-state index contributed by atoms with van der Waals surface area (Å²) in [6.07, 6.45) is 4.54. The van der Waals surface area contributed by atoms with E-state index in [1.54, 1.807) is 0 Å². The van der Waals surface area contributed by atoms with Crippen LogP contribution in [-0.2, 0) is 9.53 Å². The first-order valence-corrected chi connectivity index (χ1v) is 8.00. The van der Waals surface area contributed by atoms with Gasteiger partial charge >= 0.3 is 5.97 Å². The number of rotatable bonds is 10. The van der Waals surface area contributed by atoms with Crippen LogP contribution in [-0.4, -0.2) is 49.2 Å². The van der Waals surface area contributed by atoms with Crippen molar-refractivity contribution in [1.82, 2.24) is 10.2 Å². The van der Waals surface area contributed by atoms with Crippen LogP contribution in [0.15, 0.2) is 0 Å². The Morgan fingerprint density at radius 2 is 2.10 bits per heavy atom. The zero-order chi connectivity index (χ0) is 15.2. The smallest absolute Gasteiger partial charge is 0.325 e. The Balaban J connectivity index is 2.43. The molecule has 1 aliphatic rings. The van der Waals surface area contributed by atoms with E-state index in [9.17, 15) is 4.79 Å². The van der Waals surface area contributed by atoms with Gasteiger partial charge in [0.25, 0.3) is 0 Å². The Bertz CT molecular complexity index is 303. The summed E-state index contributed by atoms with van der Waals surface area (Å²) in [5.41, 5.74) is -0.545. The van der Waals surface area contributed by atoms with Crippen molar-refractivity contribution in [2.45, 2.75) is 65.0 Å². The number of nitrogens with one attached hydrogen (secondary N) is 1. The molecule has 1 saturated carbocycles. The summed E-state index contributed by atoms with van der Waals surface area (Å²) in [7, 11) is 1.47. The molecular weight excluding hydrogens is 252 g/mol. The molecule has 4 heteroatoms. The van der Waals surface area contributed by atoms with E-state index in [1.807, 2.05) is 13.8 Å². The minimum atomic E-state index is -0.545. The maximum Gasteiger partial charge on any atom is 0.325 e. The molecule has 1 fully saturated rings. The molecule has 1 rings (SSSR count). The molecule has 0 heterocycles. The number of hydrogen-bond donors (Lipinski definition) is 1. The van der Waals surface area contributed by atoms with Gasteiger partial charge in [0.1, 0.15) is 5.54 Å². The zero-order valence-corrected chi connectivity index (χ0v) is 13.9. The first kappa shape index (κ1) is 17.4. The number of carbonyl (C=O) groups excluding carboxylic acids is 1. The molecule has 0 radical (unpaired) electrons. The molecule has 0 aromatic heterocycles. The Labute approximate surface area is 124 Å². The fourth-order valence-electron chi connectivity index (χ4n) is 2.85. The Morgan fingerprint density at radius 3 is 2.55 bits per heavy atom. The van der Waals surface area contributed by atoms with E-state index in [0.717, 1.165) is 32.0 Å². The van der Waals surface area contributed by atoms with E-state index in [4.69, 9.17) is 4.74 Å². The third-order valence-corrected chi connectivity index (χ3v) is 3.99. The highest BCUT2D eigenvalue weighted by Gasteiger charge is 2.34. The molecule has 0 amide bonds. The van der Waals surface area contributed by atoms with Crippen LogP contribution in [0.2, 0.25) is 0 Å². The van der Waals surface area contributed by atoms with Gasteiger partial charge in [0.15, 0.2) is 0 Å². The van der Waals surface area contributed by atoms with E-state index in [2.05, 4.69) is 24.1 Å². The van der Waals surface area contributed by atoms with Crippen LogP contribution in [0.25, 0.3) is 0 Å². The van der Waals surface area contributed by atoms with Gasteiger partial charge < -0.3 is 15.0 Å². The minimum absolute atomic E-state index is 0.152. The summed E-state index contributed by atoms with van der Waals surface area (Å²) < 4.78 is 4.93. The van der Waals surface area contributed by atoms with Crippen molar-refractivity contribution in [2.24, 2.45) is 5.92 Å². The number of ether oxygens (including phenoxy) is 1. The lowest BCUT2D eigenvalue weighted by Gasteiger charge is -2.29. The normalized spacial score (nSPS) is 18.4. The number of nitrogens with zero attached hydrogens (tertiary/aromatic N) is 1. The van der Waals surface area contributed by atoms with Crippen LogP contribution in [0, 0.1) is 5.92 Å². The van der Waals surface area contributed by atoms with E-state index in [1.165, 1.54) is 26.5 Å². The fourth-order valence-corrected chi connectivity index (χ4v) is 2.85. The molecule has 0 saturated heterocycles. The summed E-state index contributed by atoms with van der Waals surface area (Å²) in [5, 5.41) is 3.28. The van der Waals surface area contributed by atoms with Gasteiger partial charge in [0.2, 0.25) is 0 Å². The van der Waals surface area contributed by atoms with Gasteiger partial charge in [-0.25, -0.2) is 0 Å². The Morgan fingerprint density at radius 1 is 1.45 bits per heavy atom. The van der Waals surface area contributed by atoms with Crippen LogP contribution in [0.1, 0.15) is 53.4 Å². The number of methoxy groups -OCH3 is 1. The van der Waals surface area contributed by atoms with Gasteiger partial charge in [-0.3, -0.25) is 4.79 Å². The average molecular weight is 284 g/mol. The molecule has 1 unspecified atom stereocenters. The van der Waals surface area contributed by atoms with Crippen molar-refractivity contribution >= 4 is 5.97 Å². The summed E-state index contributed by atoms with van der Waals surface area (Å²) in [5.74, 6) is 0.553. The van der Waals surface area contributed by atoms with Gasteiger partial charge in [0.05, 0.1) is 7.11 Å². The average Bonchev–Trinajstić information content (AvgIpc) is 3.20. The van der Waals surface area contributed by atoms with Gasteiger partial charge in [-0.2, -0.15) is 0 Å². The lowest BCUT2D eigenvalue weighted by atomic mass is 9.95. The van der Waals surface area contributed by atoms with Crippen molar-refractivity contribution < 1.29 is 9.53 Å². The molecular formula is C16H32N2O2. The van der Waals surface area contributed by atoms with E-state index in [0.29, 0.717) is 5.92 Å². The predicted molar refractivity (Wildman–Crippen MR) is 82.8 cm³/mol. The van der Waals surface area contributed by atoms with Gasteiger partial charge in [-0.1, -0.05) is 20.8 Å². The first-order chi connectivity index (χ1) is 9.42. The van der Waals surface area contributed by atoms with Crippen LogP contribution in [0.5, 0.6) is 0 Å². The third kappa shape index (κ3) is 5.41. The van der Waals surface area contributed by atoms with Crippen LogP contribution < -0.4 is 5.32 Å². The molecule has 1 atom stereocenters. The van der Waals surface area contributed by atoms with Crippen LogP contribution >= 0.6 is 0 Å². The summed E-state index contributed by atoms with van der Waals surface area (Å²) in [6, 6.07) is 0.793. The molecule has 1 N–H and O–H groups in total. The summed E-state index contributed by atoms with van der Waals surface area (Å²) in [4.78, 5) is 14.5. The maximum absolute atomic E-state index is 11.9. The predicted octanol–water partition coefficient (Wildman–Crippen LogP) is 2.43. The molecule has 118 valence electrons. The second-order valence-corrected chi connectivity index (χ2v) is 6.58. The summed E-state index contributed by atoms with van der Waals surface area (Å²) >= 11 is 0. The van der Waals surface area contributed by atoms with Gasteiger partial charge in [0, 0.05) is 12.6 Å². The Hall–Kier alpha value is -0.610. The van der Waals surface area contributed by atoms with Crippen LogP contribution in [0.3, 0.4) is 0 Å². The lowest BCUT2D eigenvalue weighted by molar-refractivity contribution is -0.148. The minimum Gasteiger partial charge on any atom is -0.468 e. The van der Waals surface area contributed by atoms with E-state index >= 15 is 0 Å². The maximum atomic E-state index is 11.9. The highest BCUT2D eigenvalue weighted by atomic mass is 16.5. The van der Waals surface area contributed by atoms with Crippen molar-refractivity contribution in [3.05, 3.63) is 0 Å². The van der Waals surface area contributed by atoms with E-state index in [-0.39, 0.29) is 5.97 Å². The third-order valence-electron chi connectivity index (χ3n) is 3.99. The van der Waals surface area contributed by atoms with Crippen molar-refractivity contribution in [3.63, 3.8) is 0 Å². The molecule has 1 aliphatic carbocycles. The van der Waals surface area contributed by atoms with Crippen molar-refractivity contribution in [3.8, 4) is 0 Å². The van der Waals surface area contributed by atoms with Crippen LogP contribution in [0.4, 0.5) is 0 Å². The number of esters is 1. The number of likely N-dealkylation sites (N-methyl/N-ethyl adjacent to an activating group) is 1. The van der Waals surface area contributed by atoms with Crippen molar-refractivity contribution in [1.29, 1.82) is 0 Å². The highest BCUT2D eigenvalue weighted by Crippen LogP contribution is 2.28. The van der Waals surface area contributed by atoms with Crippen molar-refractivity contribution in [2.75, 3.05) is 26.7 Å². The zero-order valence-electron chi connectivity index (χ0n) is 13.9. The molecule has 4 nitrogen and oxygen atoms in total. The highest BCUT2D eigenvalue weighted by molar-refractivity contribution is 5.80. The first-order valence-electron chi connectivity index (χ1n) is 8.00. The molecule has 0 aromatic rings.